The van der Waals surface area contributed by atoms with E-state index in [0.29, 0.717) is 21.3 Å². The lowest BCUT2D eigenvalue weighted by atomic mass is 10.1. The molecule has 1 aliphatic carbocycles. The molecule has 8 heteroatoms. The molecule has 0 saturated heterocycles. The monoisotopic (exact) mass is 454 g/mol. The van der Waals surface area contributed by atoms with Crippen molar-refractivity contribution in [3.8, 4) is 11.3 Å². The fourth-order valence-corrected chi connectivity index (χ4v) is 6.04. The number of nitrogens with one attached hydrogen (secondary N) is 1. The van der Waals surface area contributed by atoms with Gasteiger partial charge in [-0.05, 0) is 61.3 Å². The average molecular weight is 456 g/mol. The highest BCUT2D eigenvalue weighted by molar-refractivity contribution is 7.90. The Morgan fingerprint density at radius 3 is 2.54 bits per heavy atom. The van der Waals surface area contributed by atoms with Gasteiger partial charge < -0.3 is 5.32 Å². The van der Waals surface area contributed by atoms with E-state index in [-0.39, 0.29) is 16.0 Å². The van der Waals surface area contributed by atoms with Gasteiger partial charge in [-0.2, -0.15) is 0 Å². The van der Waals surface area contributed by atoms with E-state index >= 15 is 0 Å². The summed E-state index contributed by atoms with van der Waals surface area (Å²) in [6, 6.07) is 11.5. The Bertz CT molecular complexity index is 1170. The first kappa shape index (κ1) is 19.8. The fourth-order valence-electron chi connectivity index (χ4n) is 3.76. The minimum absolute atomic E-state index is 0.0470. The predicted octanol–water partition coefficient (Wildman–Crippen LogP) is 5.56. The van der Waals surface area contributed by atoms with Crippen molar-refractivity contribution >= 4 is 44.8 Å². The first-order valence-electron chi connectivity index (χ1n) is 8.71. The summed E-state index contributed by atoms with van der Waals surface area (Å²) in [5, 5.41) is 4.34. The van der Waals surface area contributed by atoms with E-state index in [2.05, 4.69) is 5.32 Å². The van der Waals surface area contributed by atoms with Gasteiger partial charge in [0.25, 0.3) is 10.0 Å². The van der Waals surface area contributed by atoms with Crippen LogP contribution in [-0.4, -0.2) is 19.4 Å². The molecule has 28 heavy (non-hydrogen) atoms. The highest BCUT2D eigenvalue weighted by atomic mass is 35.5. The molecule has 4 rings (SSSR count). The van der Waals surface area contributed by atoms with Gasteiger partial charge in [0.1, 0.15) is 4.90 Å². The van der Waals surface area contributed by atoms with E-state index in [0.717, 1.165) is 24.0 Å². The van der Waals surface area contributed by atoms with Crippen LogP contribution in [0, 0.1) is 0 Å². The van der Waals surface area contributed by atoms with E-state index in [4.69, 9.17) is 34.8 Å². The van der Waals surface area contributed by atoms with Crippen LogP contribution >= 0.6 is 34.8 Å². The molecule has 0 aliphatic heterocycles. The molecule has 3 aromatic rings. The number of aromatic nitrogens is 1. The summed E-state index contributed by atoms with van der Waals surface area (Å²) in [6.45, 7) is 0. The number of rotatable bonds is 4. The Balaban J connectivity index is 2.04. The Labute approximate surface area is 179 Å². The molecule has 1 atom stereocenters. The molecule has 0 amide bonds. The Morgan fingerprint density at radius 1 is 1.07 bits per heavy atom. The van der Waals surface area contributed by atoms with Gasteiger partial charge in [-0.3, -0.25) is 0 Å². The van der Waals surface area contributed by atoms with Gasteiger partial charge in [0.05, 0.1) is 15.7 Å². The number of hydrogen-bond acceptors (Lipinski definition) is 3. The van der Waals surface area contributed by atoms with E-state index in [1.807, 2.05) is 7.05 Å². The molecule has 1 N–H and O–H groups in total. The second-order valence-electron chi connectivity index (χ2n) is 6.65. The van der Waals surface area contributed by atoms with Crippen molar-refractivity contribution in [3.63, 3.8) is 0 Å². The van der Waals surface area contributed by atoms with Crippen LogP contribution in [0.1, 0.15) is 23.6 Å². The standard InChI is InChI=1S/C20H17Cl3N2O2S/c1-24-18-9-7-13-15(18)11-25(20(13)14-10-12(21)6-8-16(14)22)28(26,27)19-5-3-2-4-17(19)23/h2-6,8,10-11,18,24H,7,9H2,1H3. The number of benzene rings is 2. The zero-order chi connectivity index (χ0) is 20.1. The molecule has 1 unspecified atom stereocenters. The van der Waals surface area contributed by atoms with Crippen molar-refractivity contribution in [2.24, 2.45) is 0 Å². The van der Waals surface area contributed by atoms with E-state index < -0.39 is 10.0 Å². The van der Waals surface area contributed by atoms with Crippen LogP contribution in [0.4, 0.5) is 0 Å². The summed E-state index contributed by atoms with van der Waals surface area (Å²) in [6.07, 6.45) is 3.30. The largest absolute Gasteiger partial charge is 0.313 e. The van der Waals surface area contributed by atoms with Crippen molar-refractivity contribution in [2.45, 2.75) is 23.8 Å². The van der Waals surface area contributed by atoms with Crippen LogP contribution in [0.3, 0.4) is 0 Å². The van der Waals surface area contributed by atoms with E-state index in [1.54, 1.807) is 42.6 Å². The quantitative estimate of drug-likeness (QED) is 0.560. The lowest BCUT2D eigenvalue weighted by molar-refractivity contribution is 0.579. The van der Waals surface area contributed by atoms with Gasteiger partial charge in [-0.25, -0.2) is 12.4 Å². The predicted molar refractivity (Wildman–Crippen MR) is 114 cm³/mol. The average Bonchev–Trinajstić information content (AvgIpc) is 3.23. The highest BCUT2D eigenvalue weighted by Gasteiger charge is 2.33. The van der Waals surface area contributed by atoms with Crippen molar-refractivity contribution in [1.82, 2.24) is 9.29 Å². The fraction of sp³-hybridized carbons (Fsp3) is 0.200. The lowest BCUT2D eigenvalue weighted by Gasteiger charge is -2.15. The van der Waals surface area contributed by atoms with Crippen molar-refractivity contribution < 1.29 is 8.42 Å². The number of halogens is 3. The van der Waals surface area contributed by atoms with Gasteiger partial charge in [0, 0.05) is 22.8 Å². The van der Waals surface area contributed by atoms with Gasteiger partial charge in [0.15, 0.2) is 0 Å². The zero-order valence-corrected chi connectivity index (χ0v) is 18.0. The summed E-state index contributed by atoms with van der Waals surface area (Å²) >= 11 is 18.9. The summed E-state index contributed by atoms with van der Waals surface area (Å²) in [7, 11) is -2.07. The lowest BCUT2D eigenvalue weighted by Crippen LogP contribution is -2.16. The zero-order valence-electron chi connectivity index (χ0n) is 14.9. The third kappa shape index (κ3) is 3.15. The van der Waals surface area contributed by atoms with Gasteiger partial charge >= 0.3 is 0 Å². The number of fused-ring (bicyclic) bond motifs is 1. The van der Waals surface area contributed by atoms with Crippen molar-refractivity contribution in [2.75, 3.05) is 7.05 Å². The molecule has 4 nitrogen and oxygen atoms in total. The molecule has 0 radical (unpaired) electrons. The molecule has 2 aromatic carbocycles. The smallest absolute Gasteiger partial charge is 0.269 e. The molecule has 0 bridgehead atoms. The Kier molecular flexibility index (Phi) is 5.23. The molecule has 1 aliphatic rings. The van der Waals surface area contributed by atoms with Crippen LogP contribution in [0.15, 0.2) is 53.6 Å². The molecule has 146 valence electrons. The Morgan fingerprint density at radius 2 is 1.82 bits per heavy atom. The normalized spacial score (nSPS) is 16.4. The maximum Gasteiger partial charge on any atom is 0.269 e. The second kappa shape index (κ2) is 7.39. The molecule has 0 fully saturated rings. The van der Waals surface area contributed by atoms with Crippen molar-refractivity contribution in [1.29, 1.82) is 0 Å². The first-order valence-corrected chi connectivity index (χ1v) is 11.3. The first-order chi connectivity index (χ1) is 13.3. The molecule has 1 aromatic heterocycles. The highest BCUT2D eigenvalue weighted by Crippen LogP contribution is 2.43. The summed E-state index contributed by atoms with van der Waals surface area (Å²) in [5.74, 6) is 0. The maximum absolute atomic E-state index is 13.5. The minimum atomic E-state index is -3.93. The van der Waals surface area contributed by atoms with E-state index in [1.165, 1.54) is 10.0 Å². The van der Waals surface area contributed by atoms with Gasteiger partial charge in [-0.15, -0.1) is 0 Å². The Hall–Kier alpha value is -1.50. The van der Waals surface area contributed by atoms with Crippen LogP contribution in [0.5, 0.6) is 0 Å². The van der Waals surface area contributed by atoms with Crippen LogP contribution in [0.25, 0.3) is 11.3 Å². The van der Waals surface area contributed by atoms with Crippen LogP contribution < -0.4 is 5.32 Å². The minimum Gasteiger partial charge on any atom is -0.313 e. The maximum atomic E-state index is 13.5. The molecule has 0 spiro atoms. The third-order valence-electron chi connectivity index (χ3n) is 5.07. The van der Waals surface area contributed by atoms with Gasteiger partial charge in [0.2, 0.25) is 0 Å². The summed E-state index contributed by atoms with van der Waals surface area (Å²) < 4.78 is 28.3. The summed E-state index contributed by atoms with van der Waals surface area (Å²) in [5.41, 5.74) is 3.03. The van der Waals surface area contributed by atoms with Gasteiger partial charge in [-0.1, -0.05) is 46.9 Å². The molecular formula is C20H17Cl3N2O2S. The molecule has 1 heterocycles. The van der Waals surface area contributed by atoms with Crippen LogP contribution in [0.2, 0.25) is 15.1 Å². The number of nitrogens with zero attached hydrogens (tertiary/aromatic N) is 1. The SMILES string of the molecule is CNC1CCc2c1cn(S(=O)(=O)c1ccccc1Cl)c2-c1cc(Cl)ccc1Cl. The molecule has 0 saturated carbocycles. The summed E-state index contributed by atoms with van der Waals surface area (Å²) in [4.78, 5) is 0.0470. The van der Waals surface area contributed by atoms with Crippen LogP contribution in [-0.2, 0) is 16.4 Å². The molecular weight excluding hydrogens is 439 g/mol. The topological polar surface area (TPSA) is 51.1 Å². The number of hydrogen-bond donors (Lipinski definition) is 1. The third-order valence-corrected chi connectivity index (χ3v) is 7.80. The van der Waals surface area contributed by atoms with E-state index in [9.17, 15) is 8.42 Å². The van der Waals surface area contributed by atoms with Crippen molar-refractivity contribution in [3.05, 3.63) is 74.9 Å². The second-order valence-corrected chi connectivity index (χ2v) is 9.68.